The standard InChI is InChI=1S/C12H26N2/c1-10(13)6-9-12(4)8-5-7-11(2,3)14-12/h10,14H,5-9,13H2,1-4H3. The SMILES string of the molecule is CC(N)CCC1(C)CCCC(C)(C)N1. The molecular formula is C12H26N2. The first-order chi connectivity index (χ1) is 6.33. The van der Waals surface area contributed by atoms with Crippen LogP contribution < -0.4 is 11.1 Å². The maximum Gasteiger partial charge on any atom is 0.0158 e. The maximum atomic E-state index is 5.81. The molecule has 1 fully saturated rings. The third-order valence-electron chi connectivity index (χ3n) is 3.32. The zero-order valence-corrected chi connectivity index (χ0v) is 10.2. The summed E-state index contributed by atoms with van der Waals surface area (Å²) in [5, 5.41) is 3.77. The lowest BCUT2D eigenvalue weighted by molar-refractivity contribution is 0.154. The second-order valence-electron chi connectivity index (χ2n) is 5.94. The molecule has 2 unspecified atom stereocenters. The van der Waals surface area contributed by atoms with Gasteiger partial charge in [0.25, 0.3) is 0 Å². The Morgan fingerprint density at radius 3 is 2.43 bits per heavy atom. The van der Waals surface area contributed by atoms with Gasteiger partial charge in [0.2, 0.25) is 0 Å². The van der Waals surface area contributed by atoms with Gasteiger partial charge in [-0.05, 0) is 59.8 Å². The van der Waals surface area contributed by atoms with Gasteiger partial charge < -0.3 is 11.1 Å². The summed E-state index contributed by atoms with van der Waals surface area (Å²) in [6.45, 7) is 9.04. The van der Waals surface area contributed by atoms with Gasteiger partial charge in [-0.25, -0.2) is 0 Å². The molecule has 0 radical (unpaired) electrons. The molecule has 0 bridgehead atoms. The minimum atomic E-state index is 0.310. The average Bonchev–Trinajstić information content (AvgIpc) is 1.98. The van der Waals surface area contributed by atoms with Gasteiger partial charge in [-0.1, -0.05) is 0 Å². The van der Waals surface area contributed by atoms with Crippen molar-refractivity contribution in [1.82, 2.24) is 5.32 Å². The van der Waals surface area contributed by atoms with E-state index in [1.165, 1.54) is 25.7 Å². The third-order valence-corrected chi connectivity index (χ3v) is 3.32. The highest BCUT2D eigenvalue weighted by atomic mass is 15.0. The highest BCUT2D eigenvalue weighted by Gasteiger charge is 2.34. The Balaban J connectivity index is 2.47. The lowest BCUT2D eigenvalue weighted by atomic mass is 9.79. The minimum Gasteiger partial charge on any atom is -0.328 e. The van der Waals surface area contributed by atoms with Crippen LogP contribution in [-0.2, 0) is 0 Å². The molecule has 1 aliphatic heterocycles. The van der Waals surface area contributed by atoms with Gasteiger partial charge in [0.05, 0.1) is 0 Å². The molecule has 0 saturated carbocycles. The van der Waals surface area contributed by atoms with Crippen molar-refractivity contribution in [1.29, 1.82) is 0 Å². The van der Waals surface area contributed by atoms with E-state index >= 15 is 0 Å². The molecular weight excluding hydrogens is 172 g/mol. The number of nitrogens with two attached hydrogens (primary N) is 1. The fraction of sp³-hybridized carbons (Fsp3) is 1.00. The molecule has 0 aromatic carbocycles. The van der Waals surface area contributed by atoms with E-state index in [0.717, 1.165) is 6.42 Å². The Morgan fingerprint density at radius 1 is 1.29 bits per heavy atom. The normalized spacial score (nSPS) is 34.1. The summed E-state index contributed by atoms with van der Waals surface area (Å²) in [4.78, 5) is 0. The number of piperidine rings is 1. The van der Waals surface area contributed by atoms with E-state index in [2.05, 4.69) is 33.0 Å². The quantitative estimate of drug-likeness (QED) is 0.731. The van der Waals surface area contributed by atoms with Crippen LogP contribution in [0.5, 0.6) is 0 Å². The van der Waals surface area contributed by atoms with Crippen LogP contribution in [-0.4, -0.2) is 17.1 Å². The van der Waals surface area contributed by atoms with Crippen LogP contribution in [0.3, 0.4) is 0 Å². The largest absolute Gasteiger partial charge is 0.328 e. The zero-order chi connectivity index (χ0) is 10.8. The average molecular weight is 198 g/mol. The second kappa shape index (κ2) is 4.19. The second-order valence-corrected chi connectivity index (χ2v) is 5.94. The molecule has 2 heteroatoms. The lowest BCUT2D eigenvalue weighted by Crippen LogP contribution is -2.57. The fourth-order valence-corrected chi connectivity index (χ4v) is 2.60. The maximum absolute atomic E-state index is 5.81. The first kappa shape index (κ1) is 12.0. The molecule has 0 spiro atoms. The molecule has 14 heavy (non-hydrogen) atoms. The Kier molecular flexibility index (Phi) is 3.59. The smallest absolute Gasteiger partial charge is 0.0158 e. The molecule has 1 saturated heterocycles. The third kappa shape index (κ3) is 3.58. The summed E-state index contributed by atoms with van der Waals surface area (Å²) in [6, 6.07) is 0.332. The summed E-state index contributed by atoms with van der Waals surface area (Å²) in [5.41, 5.74) is 6.43. The van der Waals surface area contributed by atoms with Crippen molar-refractivity contribution in [2.45, 2.75) is 76.9 Å². The van der Waals surface area contributed by atoms with Crippen LogP contribution in [0.1, 0.15) is 59.8 Å². The summed E-state index contributed by atoms with van der Waals surface area (Å²) < 4.78 is 0. The van der Waals surface area contributed by atoms with Crippen molar-refractivity contribution >= 4 is 0 Å². The number of hydrogen-bond acceptors (Lipinski definition) is 2. The van der Waals surface area contributed by atoms with Gasteiger partial charge in [-0.2, -0.15) is 0 Å². The van der Waals surface area contributed by atoms with Crippen LogP contribution in [0.4, 0.5) is 0 Å². The van der Waals surface area contributed by atoms with Crippen LogP contribution in [0.15, 0.2) is 0 Å². The van der Waals surface area contributed by atoms with E-state index in [1.54, 1.807) is 0 Å². The Bertz CT molecular complexity index is 187. The van der Waals surface area contributed by atoms with Crippen LogP contribution in [0.2, 0.25) is 0 Å². The molecule has 1 aliphatic rings. The van der Waals surface area contributed by atoms with Gasteiger partial charge in [0, 0.05) is 17.1 Å². The summed E-state index contributed by atoms with van der Waals surface area (Å²) in [7, 11) is 0. The van der Waals surface area contributed by atoms with Crippen LogP contribution in [0, 0.1) is 0 Å². The molecule has 1 rings (SSSR count). The molecule has 1 heterocycles. The summed E-state index contributed by atoms with van der Waals surface area (Å²) in [5.74, 6) is 0. The topological polar surface area (TPSA) is 38.0 Å². The van der Waals surface area contributed by atoms with Crippen LogP contribution in [0.25, 0.3) is 0 Å². The molecule has 84 valence electrons. The number of hydrogen-bond donors (Lipinski definition) is 2. The first-order valence-electron chi connectivity index (χ1n) is 5.88. The van der Waals surface area contributed by atoms with E-state index in [-0.39, 0.29) is 0 Å². The highest BCUT2D eigenvalue weighted by molar-refractivity contribution is 4.96. The van der Waals surface area contributed by atoms with Gasteiger partial charge in [0.15, 0.2) is 0 Å². The Morgan fingerprint density at radius 2 is 1.93 bits per heavy atom. The molecule has 2 atom stereocenters. The first-order valence-corrected chi connectivity index (χ1v) is 5.88. The molecule has 0 amide bonds. The van der Waals surface area contributed by atoms with E-state index in [4.69, 9.17) is 5.73 Å². The van der Waals surface area contributed by atoms with Crippen molar-refractivity contribution in [3.63, 3.8) is 0 Å². The van der Waals surface area contributed by atoms with E-state index < -0.39 is 0 Å². The predicted octanol–water partition coefficient (Wildman–Crippen LogP) is 2.42. The number of rotatable bonds is 3. The monoisotopic (exact) mass is 198 g/mol. The van der Waals surface area contributed by atoms with E-state index in [1.807, 2.05) is 0 Å². The van der Waals surface area contributed by atoms with Crippen LogP contribution >= 0.6 is 0 Å². The Hall–Kier alpha value is -0.0800. The van der Waals surface area contributed by atoms with Gasteiger partial charge in [-0.15, -0.1) is 0 Å². The Labute approximate surface area is 88.6 Å². The summed E-state index contributed by atoms with van der Waals surface area (Å²) in [6.07, 6.45) is 6.26. The van der Waals surface area contributed by atoms with Crippen molar-refractivity contribution in [3.05, 3.63) is 0 Å². The van der Waals surface area contributed by atoms with E-state index in [0.29, 0.717) is 17.1 Å². The molecule has 0 aromatic rings. The zero-order valence-electron chi connectivity index (χ0n) is 10.2. The van der Waals surface area contributed by atoms with Gasteiger partial charge in [-0.3, -0.25) is 0 Å². The van der Waals surface area contributed by atoms with E-state index in [9.17, 15) is 0 Å². The lowest BCUT2D eigenvalue weighted by Gasteiger charge is -2.45. The predicted molar refractivity (Wildman–Crippen MR) is 62.4 cm³/mol. The number of nitrogens with one attached hydrogen (secondary N) is 1. The molecule has 2 nitrogen and oxygen atoms in total. The summed E-state index contributed by atoms with van der Waals surface area (Å²) >= 11 is 0. The van der Waals surface area contributed by atoms with Crippen molar-refractivity contribution in [3.8, 4) is 0 Å². The van der Waals surface area contributed by atoms with Crippen molar-refractivity contribution < 1.29 is 0 Å². The van der Waals surface area contributed by atoms with Gasteiger partial charge >= 0.3 is 0 Å². The molecule has 0 aromatic heterocycles. The minimum absolute atomic E-state index is 0.310. The highest BCUT2D eigenvalue weighted by Crippen LogP contribution is 2.31. The molecule has 3 N–H and O–H groups in total. The van der Waals surface area contributed by atoms with Gasteiger partial charge in [0.1, 0.15) is 0 Å². The molecule has 0 aliphatic carbocycles. The van der Waals surface area contributed by atoms with Crippen molar-refractivity contribution in [2.24, 2.45) is 5.73 Å². The van der Waals surface area contributed by atoms with Crippen molar-refractivity contribution in [2.75, 3.05) is 0 Å². The fourth-order valence-electron chi connectivity index (χ4n) is 2.60.